The maximum absolute atomic E-state index is 11.4. The van der Waals surface area contributed by atoms with E-state index in [1.54, 1.807) is 6.92 Å². The minimum atomic E-state index is -5.10. The molecule has 0 spiro atoms. The van der Waals surface area contributed by atoms with Crippen LogP contribution in [0.3, 0.4) is 0 Å². The summed E-state index contributed by atoms with van der Waals surface area (Å²) in [5, 5.41) is 0. The third-order valence-electron chi connectivity index (χ3n) is 0.969. The number of alkyl halides is 3. The van der Waals surface area contributed by atoms with Crippen molar-refractivity contribution in [3.63, 3.8) is 0 Å². The predicted molar refractivity (Wildman–Crippen MR) is 36.9 cm³/mol. The Morgan fingerprint density at radius 2 is 1.85 bits per heavy atom. The number of hydrogen-bond donors (Lipinski definition) is 0. The van der Waals surface area contributed by atoms with E-state index in [0.29, 0.717) is 6.42 Å². The molecule has 0 unspecified atom stereocenters. The SMILES string of the molecule is CCCCS(=O)(=O)OC(F)(F)F.[H-].[Na+]. The van der Waals surface area contributed by atoms with Crippen LogP contribution in [0.25, 0.3) is 0 Å². The second kappa shape index (κ2) is 6.23. The maximum Gasteiger partial charge on any atom is 1.00 e. The van der Waals surface area contributed by atoms with E-state index in [1.165, 1.54) is 0 Å². The van der Waals surface area contributed by atoms with Crippen molar-refractivity contribution in [1.29, 1.82) is 0 Å². The van der Waals surface area contributed by atoms with Gasteiger partial charge in [-0.25, -0.2) is 0 Å². The fourth-order valence-electron chi connectivity index (χ4n) is 0.507. The first-order valence-corrected chi connectivity index (χ1v) is 4.84. The van der Waals surface area contributed by atoms with Crippen molar-refractivity contribution < 1.29 is 56.8 Å². The molecule has 0 aliphatic carbocycles. The van der Waals surface area contributed by atoms with E-state index in [1.807, 2.05) is 0 Å². The third kappa shape index (κ3) is 10.6. The molecule has 0 atom stereocenters. The normalized spacial score (nSPS) is 12.3. The molecule has 0 amide bonds. The van der Waals surface area contributed by atoms with E-state index in [4.69, 9.17) is 0 Å². The summed E-state index contributed by atoms with van der Waals surface area (Å²) < 4.78 is 58.0. The molecule has 3 nitrogen and oxygen atoms in total. The van der Waals surface area contributed by atoms with Crippen LogP contribution in [-0.4, -0.2) is 20.5 Å². The summed E-state index contributed by atoms with van der Waals surface area (Å²) >= 11 is 0. The zero-order valence-corrected chi connectivity index (χ0v) is 10.2. The van der Waals surface area contributed by atoms with Crippen LogP contribution in [-0.2, 0) is 14.3 Å². The standard InChI is InChI=1S/C5H9F3O3S.Na.H/c1-2-3-4-12(9,10)11-5(6,7)8;;/h2-4H2,1H3;;/q;+1;-1. The van der Waals surface area contributed by atoms with Crippen molar-refractivity contribution in [3.05, 3.63) is 0 Å². The predicted octanol–water partition coefficient (Wildman–Crippen LogP) is -1.23. The first kappa shape index (κ1) is 16.1. The van der Waals surface area contributed by atoms with Crippen LogP contribution in [0.2, 0.25) is 0 Å². The smallest absolute Gasteiger partial charge is 1.00 e. The molecule has 76 valence electrons. The summed E-state index contributed by atoms with van der Waals surface area (Å²) in [4.78, 5) is 0. The molecule has 0 radical (unpaired) electrons. The molecular weight excluding hydrogens is 220 g/mol. The summed E-state index contributed by atoms with van der Waals surface area (Å²) in [7, 11) is -4.43. The summed E-state index contributed by atoms with van der Waals surface area (Å²) in [6, 6.07) is 0. The molecule has 0 saturated heterocycles. The Morgan fingerprint density at radius 1 is 1.38 bits per heavy atom. The van der Waals surface area contributed by atoms with Crippen LogP contribution in [0.5, 0.6) is 0 Å². The zero-order chi connectivity index (χ0) is 9.83. The van der Waals surface area contributed by atoms with Crippen LogP contribution in [0.4, 0.5) is 13.2 Å². The van der Waals surface area contributed by atoms with Crippen molar-refractivity contribution in [2.45, 2.75) is 26.1 Å². The van der Waals surface area contributed by atoms with Gasteiger partial charge in [0.2, 0.25) is 0 Å². The third-order valence-corrected chi connectivity index (χ3v) is 2.20. The largest absolute Gasteiger partial charge is 1.00 e. The first-order chi connectivity index (χ1) is 5.27. The molecule has 0 aliphatic rings. The number of rotatable bonds is 4. The average molecular weight is 230 g/mol. The topological polar surface area (TPSA) is 43.4 Å². The molecule has 0 aromatic carbocycles. The van der Waals surface area contributed by atoms with E-state index < -0.39 is 22.2 Å². The van der Waals surface area contributed by atoms with Crippen molar-refractivity contribution in [2.24, 2.45) is 0 Å². The summed E-state index contributed by atoms with van der Waals surface area (Å²) in [6.45, 7) is 1.67. The van der Waals surface area contributed by atoms with Gasteiger partial charge in [0.1, 0.15) is 0 Å². The minimum Gasteiger partial charge on any atom is -1.00 e. The van der Waals surface area contributed by atoms with E-state index in [9.17, 15) is 21.6 Å². The Bertz CT molecular complexity index is 229. The Hall–Kier alpha value is 0.700. The van der Waals surface area contributed by atoms with E-state index in [2.05, 4.69) is 4.18 Å². The van der Waals surface area contributed by atoms with Crippen LogP contribution in [0, 0.1) is 0 Å². The Morgan fingerprint density at radius 3 is 2.15 bits per heavy atom. The first-order valence-electron chi connectivity index (χ1n) is 3.27. The Labute approximate surface area is 98.5 Å². The minimum absolute atomic E-state index is 0. The summed E-state index contributed by atoms with van der Waals surface area (Å²) in [5.41, 5.74) is 0. The maximum atomic E-state index is 11.4. The second-order valence-electron chi connectivity index (χ2n) is 2.14. The van der Waals surface area contributed by atoms with Gasteiger partial charge in [-0.3, -0.25) is 0 Å². The number of unbranched alkanes of at least 4 members (excludes halogenated alkanes) is 1. The van der Waals surface area contributed by atoms with Crippen molar-refractivity contribution in [3.8, 4) is 0 Å². The van der Waals surface area contributed by atoms with Gasteiger partial charge < -0.3 is 1.43 Å². The van der Waals surface area contributed by atoms with Gasteiger partial charge in [-0.1, -0.05) is 13.3 Å². The van der Waals surface area contributed by atoms with Gasteiger partial charge >= 0.3 is 35.9 Å². The van der Waals surface area contributed by atoms with E-state index in [-0.39, 0.29) is 37.4 Å². The molecule has 0 rings (SSSR count). The summed E-state index contributed by atoms with van der Waals surface area (Å²) in [5.74, 6) is -0.594. The molecule has 8 heteroatoms. The Kier molecular flexibility index (Phi) is 7.74. The van der Waals surface area contributed by atoms with Crippen LogP contribution in [0.1, 0.15) is 21.2 Å². The fourth-order valence-corrected chi connectivity index (χ4v) is 1.52. The van der Waals surface area contributed by atoms with Crippen molar-refractivity contribution in [1.82, 2.24) is 0 Å². The van der Waals surface area contributed by atoms with Crippen LogP contribution >= 0.6 is 0 Å². The van der Waals surface area contributed by atoms with E-state index >= 15 is 0 Å². The quantitative estimate of drug-likeness (QED) is 0.448. The molecule has 0 fully saturated rings. The van der Waals surface area contributed by atoms with Gasteiger partial charge in [0, 0.05) is 0 Å². The Balaban J connectivity index is -0.000000605. The van der Waals surface area contributed by atoms with E-state index in [0.717, 1.165) is 0 Å². The fraction of sp³-hybridized carbons (Fsp3) is 1.00. The summed E-state index contributed by atoms with van der Waals surface area (Å²) in [6.07, 6.45) is -4.44. The molecule has 0 N–H and O–H groups in total. The van der Waals surface area contributed by atoms with Gasteiger partial charge in [-0.2, -0.15) is 12.6 Å². The molecule has 0 aromatic heterocycles. The van der Waals surface area contributed by atoms with Crippen LogP contribution < -0.4 is 29.6 Å². The van der Waals surface area contributed by atoms with Gasteiger partial charge in [0.25, 0.3) is 10.1 Å². The second-order valence-corrected chi connectivity index (χ2v) is 3.83. The average Bonchev–Trinajstić information content (AvgIpc) is 1.78. The van der Waals surface area contributed by atoms with Crippen molar-refractivity contribution in [2.75, 3.05) is 5.75 Å². The number of halogens is 3. The molecule has 0 aliphatic heterocycles. The zero-order valence-electron chi connectivity index (χ0n) is 8.39. The van der Waals surface area contributed by atoms with Gasteiger partial charge in [0.15, 0.2) is 0 Å². The van der Waals surface area contributed by atoms with Gasteiger partial charge in [0.05, 0.1) is 5.75 Å². The molecule has 0 saturated carbocycles. The number of hydrogen-bond acceptors (Lipinski definition) is 3. The molecule has 0 aromatic rings. The molecule has 0 bridgehead atoms. The van der Waals surface area contributed by atoms with Gasteiger partial charge in [-0.05, 0) is 6.42 Å². The molecular formula is C5H10F3NaO3S. The molecule has 13 heavy (non-hydrogen) atoms. The molecule has 0 heterocycles. The van der Waals surface area contributed by atoms with Crippen LogP contribution in [0.15, 0.2) is 0 Å². The van der Waals surface area contributed by atoms with Gasteiger partial charge in [-0.15, -0.1) is 13.2 Å². The monoisotopic (exact) mass is 230 g/mol. The van der Waals surface area contributed by atoms with Crippen molar-refractivity contribution >= 4 is 10.1 Å².